The van der Waals surface area contributed by atoms with Gasteiger partial charge in [-0.05, 0) is 48.6 Å². The van der Waals surface area contributed by atoms with Crippen molar-refractivity contribution < 1.29 is 0 Å². The van der Waals surface area contributed by atoms with Gasteiger partial charge in [-0.3, -0.25) is 0 Å². The summed E-state index contributed by atoms with van der Waals surface area (Å²) >= 11 is 7.77. The Hall–Kier alpha value is -0.830. The first-order chi connectivity index (χ1) is 8.16. The molecule has 17 heavy (non-hydrogen) atoms. The molecule has 2 aromatic rings. The Labute approximate surface area is 111 Å². The van der Waals surface area contributed by atoms with Crippen LogP contribution in [0.15, 0.2) is 35.7 Å². The predicted octanol–water partition coefficient (Wildman–Crippen LogP) is 4.56. The molecule has 1 unspecified atom stereocenters. The van der Waals surface area contributed by atoms with Gasteiger partial charge in [0.2, 0.25) is 0 Å². The number of hydrogen-bond acceptors (Lipinski definition) is 2. The molecule has 0 spiro atoms. The standard InChI is InChI=1S/C14H16ClNS/c1-10-6-7-17-14(10)11(2)16-9-12-4-3-5-13(15)8-12/h3-8,11,16H,9H2,1-2H3. The van der Waals surface area contributed by atoms with E-state index in [1.54, 1.807) is 0 Å². The van der Waals surface area contributed by atoms with Gasteiger partial charge in [0.15, 0.2) is 0 Å². The summed E-state index contributed by atoms with van der Waals surface area (Å²) in [6.45, 7) is 5.20. The first kappa shape index (κ1) is 12.6. The van der Waals surface area contributed by atoms with E-state index in [0.29, 0.717) is 6.04 Å². The van der Waals surface area contributed by atoms with Crippen LogP contribution in [0.1, 0.15) is 29.0 Å². The number of halogens is 1. The molecule has 1 N–H and O–H groups in total. The summed E-state index contributed by atoms with van der Waals surface area (Å²) in [5.74, 6) is 0. The van der Waals surface area contributed by atoms with Crippen molar-refractivity contribution in [2.75, 3.05) is 0 Å². The molecule has 1 atom stereocenters. The minimum atomic E-state index is 0.383. The minimum absolute atomic E-state index is 0.383. The van der Waals surface area contributed by atoms with E-state index in [0.717, 1.165) is 11.6 Å². The molecule has 90 valence electrons. The Balaban J connectivity index is 1.97. The number of rotatable bonds is 4. The highest BCUT2D eigenvalue weighted by Gasteiger charge is 2.08. The van der Waals surface area contributed by atoms with Crippen molar-refractivity contribution in [2.24, 2.45) is 0 Å². The third-order valence-corrected chi connectivity index (χ3v) is 4.23. The highest BCUT2D eigenvalue weighted by atomic mass is 35.5. The highest BCUT2D eigenvalue weighted by molar-refractivity contribution is 7.10. The maximum atomic E-state index is 5.96. The lowest BCUT2D eigenvalue weighted by Crippen LogP contribution is -2.17. The molecule has 0 bridgehead atoms. The number of aryl methyl sites for hydroxylation is 1. The summed E-state index contributed by atoms with van der Waals surface area (Å²) in [6, 6.07) is 10.5. The lowest BCUT2D eigenvalue weighted by Gasteiger charge is -2.13. The zero-order valence-electron chi connectivity index (χ0n) is 10.0. The lowest BCUT2D eigenvalue weighted by molar-refractivity contribution is 0.581. The predicted molar refractivity (Wildman–Crippen MR) is 75.8 cm³/mol. The van der Waals surface area contributed by atoms with Crippen molar-refractivity contribution in [3.05, 3.63) is 56.7 Å². The van der Waals surface area contributed by atoms with Crippen molar-refractivity contribution in [3.63, 3.8) is 0 Å². The Morgan fingerprint density at radius 2 is 2.18 bits per heavy atom. The third kappa shape index (κ3) is 3.32. The number of hydrogen-bond donors (Lipinski definition) is 1. The molecular formula is C14H16ClNS. The summed E-state index contributed by atoms with van der Waals surface area (Å²) < 4.78 is 0. The number of benzene rings is 1. The molecule has 0 aliphatic carbocycles. The Kier molecular flexibility index (Phi) is 4.21. The van der Waals surface area contributed by atoms with Gasteiger partial charge in [0.1, 0.15) is 0 Å². The van der Waals surface area contributed by atoms with Crippen molar-refractivity contribution >= 4 is 22.9 Å². The molecule has 0 aliphatic rings. The van der Waals surface area contributed by atoms with Crippen LogP contribution in [0.25, 0.3) is 0 Å². The normalized spacial score (nSPS) is 12.6. The van der Waals surface area contributed by atoms with Crippen LogP contribution >= 0.6 is 22.9 Å². The summed E-state index contributed by atoms with van der Waals surface area (Å²) in [6.07, 6.45) is 0. The quantitative estimate of drug-likeness (QED) is 0.855. The van der Waals surface area contributed by atoms with Crippen LogP contribution in [0.4, 0.5) is 0 Å². The molecule has 0 fully saturated rings. The van der Waals surface area contributed by atoms with Crippen LogP contribution in [-0.4, -0.2) is 0 Å². The largest absolute Gasteiger partial charge is 0.305 e. The molecule has 0 saturated heterocycles. The molecule has 3 heteroatoms. The fourth-order valence-corrected chi connectivity index (χ4v) is 3.01. The second-order valence-corrected chi connectivity index (χ2v) is 5.58. The van der Waals surface area contributed by atoms with Crippen molar-refractivity contribution in [3.8, 4) is 0 Å². The van der Waals surface area contributed by atoms with Crippen LogP contribution in [0.5, 0.6) is 0 Å². The molecule has 0 saturated carbocycles. The lowest BCUT2D eigenvalue weighted by atomic mass is 10.1. The van der Waals surface area contributed by atoms with Gasteiger partial charge in [-0.2, -0.15) is 0 Å². The van der Waals surface area contributed by atoms with Crippen LogP contribution < -0.4 is 5.32 Å². The van der Waals surface area contributed by atoms with Gasteiger partial charge in [0, 0.05) is 22.5 Å². The topological polar surface area (TPSA) is 12.0 Å². The molecule has 0 radical (unpaired) electrons. The van der Waals surface area contributed by atoms with Gasteiger partial charge in [-0.15, -0.1) is 11.3 Å². The molecule has 1 nitrogen and oxygen atoms in total. The smallest absolute Gasteiger partial charge is 0.0409 e. The Morgan fingerprint density at radius 1 is 1.35 bits per heavy atom. The fraction of sp³-hybridized carbons (Fsp3) is 0.286. The number of thiophene rings is 1. The van der Waals surface area contributed by atoms with Crippen molar-refractivity contribution in [1.29, 1.82) is 0 Å². The first-order valence-electron chi connectivity index (χ1n) is 5.68. The van der Waals surface area contributed by atoms with E-state index in [2.05, 4.69) is 36.7 Å². The highest BCUT2D eigenvalue weighted by Crippen LogP contribution is 2.23. The maximum Gasteiger partial charge on any atom is 0.0409 e. The molecule has 0 amide bonds. The molecule has 1 heterocycles. The SMILES string of the molecule is Cc1ccsc1C(C)NCc1cccc(Cl)c1. The van der Waals surface area contributed by atoms with E-state index in [4.69, 9.17) is 11.6 Å². The van der Waals surface area contributed by atoms with Crippen LogP contribution in [0.3, 0.4) is 0 Å². The van der Waals surface area contributed by atoms with Crippen LogP contribution in [0, 0.1) is 6.92 Å². The summed E-state index contributed by atoms with van der Waals surface area (Å²) in [7, 11) is 0. The summed E-state index contributed by atoms with van der Waals surface area (Å²) in [5, 5.41) is 6.46. The maximum absolute atomic E-state index is 5.96. The van der Waals surface area contributed by atoms with E-state index < -0.39 is 0 Å². The van der Waals surface area contributed by atoms with E-state index >= 15 is 0 Å². The van der Waals surface area contributed by atoms with E-state index in [-0.39, 0.29) is 0 Å². The second kappa shape index (κ2) is 5.67. The Morgan fingerprint density at radius 3 is 2.82 bits per heavy atom. The van der Waals surface area contributed by atoms with Crippen molar-refractivity contribution in [2.45, 2.75) is 26.4 Å². The molecule has 0 aliphatic heterocycles. The monoisotopic (exact) mass is 265 g/mol. The molecular weight excluding hydrogens is 250 g/mol. The van der Waals surface area contributed by atoms with Gasteiger partial charge in [-0.25, -0.2) is 0 Å². The van der Waals surface area contributed by atoms with E-state index in [1.807, 2.05) is 29.5 Å². The minimum Gasteiger partial charge on any atom is -0.305 e. The zero-order valence-corrected chi connectivity index (χ0v) is 11.6. The van der Waals surface area contributed by atoms with Crippen LogP contribution in [0.2, 0.25) is 5.02 Å². The number of nitrogens with one attached hydrogen (secondary N) is 1. The van der Waals surface area contributed by atoms with Crippen molar-refractivity contribution in [1.82, 2.24) is 5.32 Å². The average Bonchev–Trinajstić information content (AvgIpc) is 2.72. The van der Waals surface area contributed by atoms with Gasteiger partial charge >= 0.3 is 0 Å². The third-order valence-electron chi connectivity index (χ3n) is 2.80. The summed E-state index contributed by atoms with van der Waals surface area (Å²) in [5.41, 5.74) is 2.58. The summed E-state index contributed by atoms with van der Waals surface area (Å²) in [4.78, 5) is 1.41. The van der Waals surface area contributed by atoms with Gasteiger partial charge in [0.25, 0.3) is 0 Å². The van der Waals surface area contributed by atoms with Crippen LogP contribution in [-0.2, 0) is 6.54 Å². The first-order valence-corrected chi connectivity index (χ1v) is 6.94. The molecule has 2 rings (SSSR count). The van der Waals surface area contributed by atoms with Gasteiger partial charge in [-0.1, -0.05) is 23.7 Å². The fourth-order valence-electron chi connectivity index (χ4n) is 1.84. The molecule has 1 aromatic carbocycles. The second-order valence-electron chi connectivity index (χ2n) is 4.20. The van der Waals surface area contributed by atoms with Gasteiger partial charge in [0.05, 0.1) is 0 Å². The van der Waals surface area contributed by atoms with E-state index in [9.17, 15) is 0 Å². The van der Waals surface area contributed by atoms with Gasteiger partial charge < -0.3 is 5.32 Å². The molecule has 1 aromatic heterocycles. The average molecular weight is 266 g/mol. The zero-order chi connectivity index (χ0) is 12.3. The Bertz CT molecular complexity index is 492. The van der Waals surface area contributed by atoms with E-state index in [1.165, 1.54) is 16.0 Å².